The fourth-order valence-electron chi connectivity index (χ4n) is 4.24. The van der Waals surface area contributed by atoms with Crippen molar-refractivity contribution in [3.05, 3.63) is 65.0 Å². The van der Waals surface area contributed by atoms with Gasteiger partial charge in [0.05, 0.1) is 12.6 Å². The van der Waals surface area contributed by atoms with Gasteiger partial charge in [-0.3, -0.25) is 19.4 Å². The van der Waals surface area contributed by atoms with Crippen LogP contribution in [0, 0.1) is 17.6 Å². The van der Waals surface area contributed by atoms with E-state index in [9.17, 15) is 18.4 Å². The number of carbonyl (C=O) groups is 2. The standard InChI is InChI=1S/C21H21F2N3O3/c22-16-8-15(9-17(23)11-16)19-4-6-29-26(19)21(28)14-2-1-12(7-14)18-10-13(20(24)27)3-5-25-18/h3,5,8-12,14,19H,1-2,4,6-7H2,(H2,24,27)/t12?,14?,19-/m0/s1. The average Bonchev–Trinajstić information content (AvgIpc) is 3.37. The lowest BCUT2D eigenvalue weighted by Crippen LogP contribution is -2.34. The van der Waals surface area contributed by atoms with Crippen LogP contribution in [-0.4, -0.2) is 28.5 Å². The summed E-state index contributed by atoms with van der Waals surface area (Å²) in [7, 11) is 0. The predicted octanol–water partition coefficient (Wildman–Crippen LogP) is 3.25. The molecule has 3 atom stereocenters. The van der Waals surface area contributed by atoms with Crippen molar-refractivity contribution >= 4 is 11.8 Å². The van der Waals surface area contributed by atoms with Gasteiger partial charge in [0, 0.05) is 41.8 Å². The zero-order valence-electron chi connectivity index (χ0n) is 15.7. The van der Waals surface area contributed by atoms with E-state index < -0.39 is 23.6 Å². The van der Waals surface area contributed by atoms with E-state index in [0.717, 1.165) is 18.2 Å². The molecular formula is C21H21F2N3O3. The maximum absolute atomic E-state index is 13.6. The summed E-state index contributed by atoms with van der Waals surface area (Å²) in [4.78, 5) is 34.3. The molecular weight excluding hydrogens is 380 g/mol. The molecule has 0 radical (unpaired) electrons. The first-order chi connectivity index (χ1) is 13.9. The first-order valence-electron chi connectivity index (χ1n) is 9.60. The fraction of sp³-hybridized carbons (Fsp3) is 0.381. The topological polar surface area (TPSA) is 85.5 Å². The highest BCUT2D eigenvalue weighted by atomic mass is 19.1. The molecule has 0 spiro atoms. The van der Waals surface area contributed by atoms with Crippen LogP contribution in [-0.2, 0) is 9.63 Å². The van der Waals surface area contributed by atoms with Gasteiger partial charge in [-0.1, -0.05) is 0 Å². The van der Waals surface area contributed by atoms with Crippen molar-refractivity contribution in [1.29, 1.82) is 0 Å². The molecule has 6 nitrogen and oxygen atoms in total. The zero-order chi connectivity index (χ0) is 20.5. The molecule has 1 saturated heterocycles. The van der Waals surface area contributed by atoms with Crippen molar-refractivity contribution in [2.75, 3.05) is 6.61 Å². The number of aromatic nitrogens is 1. The van der Waals surface area contributed by atoms with E-state index >= 15 is 0 Å². The lowest BCUT2D eigenvalue weighted by molar-refractivity contribution is -0.181. The number of halogens is 2. The van der Waals surface area contributed by atoms with E-state index in [-0.39, 0.29) is 17.7 Å². The second-order valence-corrected chi connectivity index (χ2v) is 7.55. The maximum atomic E-state index is 13.6. The molecule has 1 aliphatic carbocycles. The minimum atomic E-state index is -0.680. The Bertz CT molecular complexity index is 932. The lowest BCUT2D eigenvalue weighted by atomic mass is 9.98. The smallest absolute Gasteiger partial charge is 0.249 e. The van der Waals surface area contributed by atoms with Gasteiger partial charge in [-0.05, 0) is 49.1 Å². The Labute approximate surface area is 166 Å². The molecule has 2 aromatic rings. The quantitative estimate of drug-likeness (QED) is 0.852. The Morgan fingerprint density at radius 1 is 1.10 bits per heavy atom. The van der Waals surface area contributed by atoms with Crippen LogP contribution >= 0.6 is 0 Å². The van der Waals surface area contributed by atoms with E-state index in [1.54, 1.807) is 18.3 Å². The highest BCUT2D eigenvalue weighted by molar-refractivity contribution is 5.92. The number of rotatable bonds is 4. The Hall–Kier alpha value is -2.87. The zero-order valence-corrected chi connectivity index (χ0v) is 15.7. The largest absolute Gasteiger partial charge is 0.366 e. The van der Waals surface area contributed by atoms with Crippen molar-refractivity contribution in [1.82, 2.24) is 10.0 Å². The second-order valence-electron chi connectivity index (χ2n) is 7.55. The van der Waals surface area contributed by atoms with E-state index in [1.807, 2.05) is 0 Å². The van der Waals surface area contributed by atoms with Gasteiger partial charge >= 0.3 is 0 Å². The second kappa shape index (κ2) is 7.87. The Morgan fingerprint density at radius 3 is 2.59 bits per heavy atom. The minimum Gasteiger partial charge on any atom is -0.366 e. The third-order valence-corrected chi connectivity index (χ3v) is 5.66. The fourth-order valence-corrected chi connectivity index (χ4v) is 4.24. The van der Waals surface area contributed by atoms with E-state index in [4.69, 9.17) is 10.6 Å². The minimum absolute atomic E-state index is 0.0379. The number of nitrogens with two attached hydrogens (primary N) is 1. The van der Waals surface area contributed by atoms with Crippen molar-refractivity contribution < 1.29 is 23.2 Å². The van der Waals surface area contributed by atoms with E-state index in [0.29, 0.717) is 37.0 Å². The van der Waals surface area contributed by atoms with Gasteiger partial charge in [0.1, 0.15) is 11.6 Å². The Morgan fingerprint density at radius 2 is 1.86 bits per heavy atom. The molecule has 152 valence electrons. The molecule has 2 aliphatic rings. The van der Waals surface area contributed by atoms with Crippen LogP contribution in [0.15, 0.2) is 36.5 Å². The maximum Gasteiger partial charge on any atom is 0.249 e. The van der Waals surface area contributed by atoms with Crippen molar-refractivity contribution in [3.63, 3.8) is 0 Å². The molecule has 1 aliphatic heterocycles. The molecule has 0 bridgehead atoms. The Balaban J connectivity index is 1.48. The summed E-state index contributed by atoms with van der Waals surface area (Å²) in [5.74, 6) is -2.31. The third kappa shape index (κ3) is 3.98. The van der Waals surface area contributed by atoms with Gasteiger partial charge in [0.15, 0.2) is 0 Å². The first kappa shape index (κ1) is 19.4. The summed E-state index contributed by atoms with van der Waals surface area (Å²) >= 11 is 0. The number of nitrogens with zero attached hydrogens (tertiary/aromatic N) is 2. The molecule has 1 aromatic heterocycles. The normalized spacial score (nSPS) is 24.1. The van der Waals surface area contributed by atoms with E-state index in [2.05, 4.69) is 4.98 Å². The summed E-state index contributed by atoms with van der Waals surface area (Å²) < 4.78 is 27.2. The van der Waals surface area contributed by atoms with Crippen LogP contribution in [0.1, 0.15) is 59.3 Å². The number of hydrogen-bond acceptors (Lipinski definition) is 4. The average molecular weight is 401 g/mol. The van der Waals surface area contributed by atoms with Gasteiger partial charge in [-0.2, -0.15) is 0 Å². The monoisotopic (exact) mass is 401 g/mol. The number of benzene rings is 1. The van der Waals surface area contributed by atoms with Crippen LogP contribution < -0.4 is 5.73 Å². The predicted molar refractivity (Wildman–Crippen MR) is 99.4 cm³/mol. The SMILES string of the molecule is NC(=O)c1ccnc(C2CCC(C(=O)N3OCC[C@H]3c3cc(F)cc(F)c3)C2)c1. The summed E-state index contributed by atoms with van der Waals surface area (Å²) in [6, 6.07) is 6.00. The van der Waals surface area contributed by atoms with Crippen LogP contribution in [0.25, 0.3) is 0 Å². The number of hydrogen-bond donors (Lipinski definition) is 1. The molecule has 2 N–H and O–H groups in total. The number of carbonyl (C=O) groups excluding carboxylic acids is 2. The molecule has 4 rings (SSSR count). The van der Waals surface area contributed by atoms with Gasteiger partial charge in [0.25, 0.3) is 0 Å². The molecule has 1 saturated carbocycles. The van der Waals surface area contributed by atoms with E-state index in [1.165, 1.54) is 17.2 Å². The number of amides is 2. The van der Waals surface area contributed by atoms with Crippen LogP contribution in [0.4, 0.5) is 8.78 Å². The van der Waals surface area contributed by atoms with Crippen molar-refractivity contribution in [2.45, 2.75) is 37.6 Å². The molecule has 8 heteroatoms. The van der Waals surface area contributed by atoms with Crippen LogP contribution in [0.3, 0.4) is 0 Å². The molecule has 1 aromatic carbocycles. The Kier molecular flexibility index (Phi) is 5.27. The van der Waals surface area contributed by atoms with Crippen LogP contribution in [0.5, 0.6) is 0 Å². The van der Waals surface area contributed by atoms with Gasteiger partial charge in [-0.25, -0.2) is 13.8 Å². The van der Waals surface area contributed by atoms with Gasteiger partial charge in [0.2, 0.25) is 11.8 Å². The molecule has 2 heterocycles. The summed E-state index contributed by atoms with van der Waals surface area (Å²) in [5, 5.41) is 1.27. The van der Waals surface area contributed by atoms with Gasteiger partial charge in [-0.15, -0.1) is 0 Å². The highest BCUT2D eigenvalue weighted by Crippen LogP contribution is 2.41. The first-order valence-corrected chi connectivity index (χ1v) is 9.60. The van der Waals surface area contributed by atoms with Crippen molar-refractivity contribution in [2.24, 2.45) is 11.7 Å². The van der Waals surface area contributed by atoms with Gasteiger partial charge < -0.3 is 5.73 Å². The third-order valence-electron chi connectivity index (χ3n) is 5.66. The van der Waals surface area contributed by atoms with Crippen molar-refractivity contribution in [3.8, 4) is 0 Å². The summed E-state index contributed by atoms with van der Waals surface area (Å²) in [6.45, 7) is 0.312. The number of hydroxylamine groups is 2. The number of primary amides is 1. The molecule has 29 heavy (non-hydrogen) atoms. The summed E-state index contributed by atoms with van der Waals surface area (Å²) in [5.41, 5.74) is 6.85. The summed E-state index contributed by atoms with van der Waals surface area (Å²) in [6.07, 6.45) is 3.99. The van der Waals surface area contributed by atoms with Crippen LogP contribution in [0.2, 0.25) is 0 Å². The molecule has 2 fully saturated rings. The molecule has 2 unspecified atom stereocenters. The number of pyridine rings is 1. The molecule has 2 amide bonds. The lowest BCUT2D eigenvalue weighted by Gasteiger charge is -2.25. The highest BCUT2D eigenvalue weighted by Gasteiger charge is 2.39.